The molecule has 6 aliphatic rings. The van der Waals surface area contributed by atoms with Gasteiger partial charge in [-0.05, 0) is 17.5 Å². The first kappa shape index (κ1) is 46.5. The Hall–Kier alpha value is -5.24. The molecule has 8 bridgehead atoms. The fourth-order valence-corrected chi connectivity index (χ4v) is 56.3. The summed E-state index contributed by atoms with van der Waals surface area (Å²) < 4.78 is 97.9. The zero-order chi connectivity index (χ0) is 48.4. The van der Waals surface area contributed by atoms with E-state index in [2.05, 4.69) is 18.7 Å². The highest BCUT2D eigenvalue weighted by atomic mass is 28.6. The van der Waals surface area contributed by atoms with Crippen molar-refractivity contribution >= 4 is 113 Å². The van der Waals surface area contributed by atoms with Gasteiger partial charge in [0.1, 0.15) is 0 Å². The van der Waals surface area contributed by atoms with Crippen molar-refractivity contribution in [2.45, 2.75) is 12.5 Å². The second kappa shape index (κ2) is 18.0. The lowest BCUT2D eigenvalue weighted by Gasteiger charge is -2.62. The summed E-state index contributed by atoms with van der Waals surface area (Å²) in [6.45, 7) is 4.07. The Morgan fingerprint density at radius 3 is 0.750 bits per heavy atom. The Morgan fingerprint density at radius 1 is 0.278 bits per heavy atom. The van der Waals surface area contributed by atoms with E-state index in [0.29, 0.717) is 42.7 Å². The molecule has 0 atom stereocenters. The lowest BCUT2D eigenvalue weighted by atomic mass is 10.1. The Balaban J connectivity index is 1.21. The van der Waals surface area contributed by atoms with Gasteiger partial charge in [-0.25, -0.2) is 0 Å². The minimum Gasteiger partial charge on any atom is -0.370 e. The third-order valence-electron chi connectivity index (χ3n) is 13.1. The molecular weight excluding hydrogens is 1040 g/mol. The quantitative estimate of drug-likeness (QED) is 0.163. The van der Waals surface area contributed by atoms with E-state index in [9.17, 15) is 0 Å². The van der Waals surface area contributed by atoms with Crippen molar-refractivity contribution in [1.82, 2.24) is 0 Å². The third-order valence-corrected chi connectivity index (χ3v) is 47.5. The lowest BCUT2D eigenvalue weighted by Crippen LogP contribution is -2.95. The molecule has 6 heterocycles. The van der Waals surface area contributed by atoms with E-state index in [0.717, 1.165) is 11.1 Å². The van der Waals surface area contributed by atoms with Gasteiger partial charge in [0.05, 0.1) is 0 Å². The molecule has 0 saturated carbocycles. The van der Waals surface area contributed by atoms with Crippen LogP contribution in [0.3, 0.4) is 0 Å². The van der Waals surface area contributed by atoms with Gasteiger partial charge in [-0.3, -0.25) is 0 Å². The van der Waals surface area contributed by atoms with E-state index < -0.39 is 70.4 Å². The average molecular weight is 1090 g/mol. The van der Waals surface area contributed by atoms with Crippen molar-refractivity contribution in [2.75, 3.05) is 0 Å². The monoisotopic (exact) mass is 1090 g/mol. The predicted octanol–water partition coefficient (Wildman–Crippen LogP) is 5.00. The fourth-order valence-electron chi connectivity index (χ4n) is 9.77. The molecule has 0 spiro atoms. The van der Waals surface area contributed by atoms with Gasteiger partial charge in [-0.15, -0.1) is 0 Å². The van der Waals surface area contributed by atoms with Gasteiger partial charge >= 0.3 is 70.4 Å². The molecule has 0 amide bonds. The van der Waals surface area contributed by atoms with Gasteiger partial charge in [0.25, 0.3) is 0 Å². The molecule has 6 saturated heterocycles. The molecule has 358 valence electrons. The van der Waals surface area contributed by atoms with E-state index in [1.165, 1.54) is 0 Å². The van der Waals surface area contributed by atoms with Gasteiger partial charge in [-0.1, -0.05) is 249 Å². The van der Waals surface area contributed by atoms with Crippen LogP contribution in [0.15, 0.2) is 243 Å². The van der Waals surface area contributed by atoms with Crippen LogP contribution in [0.5, 0.6) is 0 Å². The summed E-state index contributed by atoms with van der Waals surface area (Å²) in [6.07, 6.45) is 2.25. The van der Waals surface area contributed by atoms with Gasteiger partial charge in [0, 0.05) is 42.4 Å². The molecule has 6 fully saturated rings. The van der Waals surface area contributed by atoms with Crippen LogP contribution in [0.1, 0.15) is 11.1 Å². The Bertz CT molecular complexity index is 2950. The normalized spacial score (nSPS) is 32.4. The average Bonchev–Trinajstić information content (AvgIpc) is 3.41. The Morgan fingerprint density at radius 2 is 0.514 bits per heavy atom. The fraction of sp³-hybridized carbons (Fsp3) is 0.0385. The lowest BCUT2D eigenvalue weighted by molar-refractivity contribution is -0.00660. The maximum absolute atomic E-state index is 8.18. The van der Waals surface area contributed by atoms with Crippen LogP contribution in [-0.2, 0) is 55.8 Å². The van der Waals surface area contributed by atoms with Crippen LogP contribution in [0.25, 0.3) is 6.08 Å². The highest BCUT2D eigenvalue weighted by molar-refractivity contribution is 7.13. The molecule has 14 rings (SSSR count). The standard InChI is InChI=1S/C52H46O12Si8/c1-2-44-25-24-26-45(43-44)41-42-65-53-66(46-27-10-3-11-28-46)56-69(49-33-16-6-17-34-49)58-67(54-65,47-29-12-4-13-30-47)60-71(51-37-20-8-21-38-51)61-68(55-65,48-31-14-5-15-32-48)59-70(57-66,50-35-18-7-19-36-50)63-72(62-69,64-71)52-39-22-9-23-40-52/h2-40,43H,1,41-42H2. The zero-order valence-electron chi connectivity index (χ0n) is 38.6. The number of hydrogen-bond acceptors (Lipinski definition) is 12. The maximum atomic E-state index is 8.18. The maximum Gasteiger partial charge on any atom is 0.515 e. The van der Waals surface area contributed by atoms with Crippen LogP contribution >= 0.6 is 0 Å². The summed E-state index contributed by atoms with van der Waals surface area (Å²) in [5.41, 5.74) is 1.95. The van der Waals surface area contributed by atoms with E-state index in [4.69, 9.17) is 49.4 Å². The molecule has 0 aromatic heterocycles. The van der Waals surface area contributed by atoms with Crippen molar-refractivity contribution in [1.29, 1.82) is 0 Å². The minimum absolute atomic E-state index is 0.176. The molecule has 6 aliphatic heterocycles. The van der Waals surface area contributed by atoms with Gasteiger partial charge in [0.2, 0.25) is 0 Å². The number of rotatable bonds is 11. The van der Waals surface area contributed by atoms with Crippen LogP contribution in [-0.4, -0.2) is 70.4 Å². The van der Waals surface area contributed by atoms with Crippen LogP contribution in [0.2, 0.25) is 6.04 Å². The molecule has 72 heavy (non-hydrogen) atoms. The molecule has 8 aromatic rings. The van der Waals surface area contributed by atoms with E-state index >= 15 is 0 Å². The summed E-state index contributed by atoms with van der Waals surface area (Å²) >= 11 is 0. The third kappa shape index (κ3) is 7.88. The van der Waals surface area contributed by atoms with Gasteiger partial charge in [0.15, 0.2) is 0 Å². The summed E-state index contributed by atoms with van der Waals surface area (Å²) in [7, 11) is -37.7. The van der Waals surface area contributed by atoms with Crippen LogP contribution in [0.4, 0.5) is 0 Å². The van der Waals surface area contributed by atoms with E-state index in [1.807, 2.05) is 231 Å². The smallest absolute Gasteiger partial charge is 0.370 e. The molecular formula is C52H46O12Si8. The topological polar surface area (TPSA) is 111 Å². The van der Waals surface area contributed by atoms with Crippen LogP contribution < -0.4 is 36.3 Å². The number of hydrogen-bond donors (Lipinski definition) is 0. The molecule has 8 aromatic carbocycles. The van der Waals surface area contributed by atoms with Gasteiger partial charge < -0.3 is 49.4 Å². The first-order chi connectivity index (χ1) is 35.2. The minimum atomic E-state index is -4.75. The highest BCUT2D eigenvalue weighted by Gasteiger charge is 2.86. The molecule has 12 nitrogen and oxygen atoms in total. The first-order valence-electron chi connectivity index (χ1n) is 23.7. The molecule has 20 heteroatoms. The molecule has 0 unspecified atom stereocenters. The Kier molecular flexibility index (Phi) is 11.6. The van der Waals surface area contributed by atoms with Crippen molar-refractivity contribution in [3.8, 4) is 0 Å². The largest absolute Gasteiger partial charge is 0.515 e. The summed E-state index contributed by atoms with van der Waals surface area (Å²) in [5.74, 6) is 0. The Labute approximate surface area is 426 Å². The molecule has 0 N–H and O–H groups in total. The van der Waals surface area contributed by atoms with E-state index in [1.54, 1.807) is 0 Å². The SMILES string of the molecule is C=Cc1cccc(CC[Si]23O[Si]4(c5ccccc5)O[Si]5(c6ccccc6)O[Si](c6ccccc6)(O2)O[Si]2(c6ccccc6)O[Si](c6ccccc6)(O3)O[Si](c3ccccc3)(O4)O[Si](c3ccccc3)(O5)O2)c1. The molecule has 0 radical (unpaired) electrons. The summed E-state index contributed by atoms with van der Waals surface area (Å²) in [5, 5.41) is 4.07. The van der Waals surface area contributed by atoms with E-state index in [-0.39, 0.29) is 6.04 Å². The second-order valence-electron chi connectivity index (χ2n) is 17.8. The second-order valence-corrected chi connectivity index (χ2v) is 41.3. The predicted molar refractivity (Wildman–Crippen MR) is 287 cm³/mol. The van der Waals surface area contributed by atoms with Crippen molar-refractivity contribution in [3.05, 3.63) is 254 Å². The number of aryl methyl sites for hydroxylation is 1. The van der Waals surface area contributed by atoms with Crippen LogP contribution in [0, 0.1) is 0 Å². The zero-order valence-corrected chi connectivity index (χ0v) is 46.6. The van der Waals surface area contributed by atoms with Crippen molar-refractivity contribution in [3.63, 3.8) is 0 Å². The summed E-state index contributed by atoms with van der Waals surface area (Å²) in [6, 6.07) is 76.0. The summed E-state index contributed by atoms with van der Waals surface area (Å²) in [4.78, 5) is 0. The van der Waals surface area contributed by atoms with Crippen molar-refractivity contribution < 1.29 is 49.4 Å². The molecule has 0 aliphatic carbocycles. The van der Waals surface area contributed by atoms with Crippen molar-refractivity contribution in [2.24, 2.45) is 0 Å². The first-order valence-corrected chi connectivity index (χ1v) is 37.8. The van der Waals surface area contributed by atoms with Gasteiger partial charge in [-0.2, -0.15) is 0 Å². The number of benzene rings is 8. The highest BCUT2D eigenvalue weighted by Crippen LogP contribution is 2.49.